The van der Waals surface area contributed by atoms with Gasteiger partial charge in [0.1, 0.15) is 0 Å². The topological polar surface area (TPSA) is 64.9 Å². The van der Waals surface area contributed by atoms with E-state index >= 15 is 0 Å². The van der Waals surface area contributed by atoms with Gasteiger partial charge < -0.3 is 10.6 Å². The van der Waals surface area contributed by atoms with Gasteiger partial charge in [-0.1, -0.05) is 13.8 Å². The normalized spacial score (nSPS) is 21.2. The van der Waals surface area contributed by atoms with Crippen molar-refractivity contribution in [2.24, 2.45) is 16.7 Å². The summed E-state index contributed by atoms with van der Waals surface area (Å²) in [5.41, 5.74) is -0.879. The van der Waals surface area contributed by atoms with Crippen LogP contribution in [0.25, 0.3) is 0 Å². The Morgan fingerprint density at radius 1 is 1.44 bits per heavy atom. The van der Waals surface area contributed by atoms with Crippen LogP contribution in [0, 0.1) is 28.1 Å². The van der Waals surface area contributed by atoms with Crippen molar-refractivity contribution in [3.63, 3.8) is 0 Å². The lowest BCUT2D eigenvalue weighted by molar-refractivity contribution is -0.132. The molecule has 4 nitrogen and oxygen atoms in total. The monoisotopic (exact) mass is 251 g/mol. The first-order chi connectivity index (χ1) is 8.29. The molecule has 102 valence electrons. The molecule has 0 aliphatic carbocycles. The summed E-state index contributed by atoms with van der Waals surface area (Å²) in [4.78, 5) is 12.3. The predicted octanol–water partition coefficient (Wildman–Crippen LogP) is 1.68. The highest BCUT2D eigenvalue weighted by atomic mass is 16.2. The van der Waals surface area contributed by atoms with Crippen LogP contribution in [0.1, 0.15) is 40.5 Å². The van der Waals surface area contributed by atoms with Gasteiger partial charge in [-0.25, -0.2) is 0 Å². The second-order valence-corrected chi connectivity index (χ2v) is 6.44. The van der Waals surface area contributed by atoms with Crippen LogP contribution >= 0.6 is 0 Å². The number of nitrogens with zero attached hydrogens (tertiary/aromatic N) is 1. The van der Waals surface area contributed by atoms with Crippen molar-refractivity contribution in [2.75, 3.05) is 19.6 Å². The van der Waals surface area contributed by atoms with Gasteiger partial charge >= 0.3 is 0 Å². The van der Waals surface area contributed by atoms with E-state index in [1.165, 1.54) is 0 Å². The zero-order chi connectivity index (χ0) is 13.8. The number of amides is 1. The molecule has 0 aromatic rings. The molecule has 0 spiro atoms. The van der Waals surface area contributed by atoms with E-state index in [1.54, 1.807) is 0 Å². The molecule has 1 heterocycles. The van der Waals surface area contributed by atoms with E-state index < -0.39 is 5.41 Å². The fourth-order valence-electron chi connectivity index (χ4n) is 2.22. The molecule has 1 saturated heterocycles. The number of carbonyl (C=O) groups excluding carboxylic acids is 1. The fourth-order valence-corrected chi connectivity index (χ4v) is 2.22. The zero-order valence-electron chi connectivity index (χ0n) is 12.0. The van der Waals surface area contributed by atoms with Crippen LogP contribution in [-0.4, -0.2) is 25.5 Å². The summed E-state index contributed by atoms with van der Waals surface area (Å²) in [6.07, 6.45) is 2.22. The van der Waals surface area contributed by atoms with E-state index in [4.69, 9.17) is 5.26 Å². The van der Waals surface area contributed by atoms with Crippen molar-refractivity contribution in [1.29, 1.82) is 5.26 Å². The SMILES string of the molecule is CC(C)(C#N)CNC(=O)C(C)(C)C1CCCNC1. The Kier molecular flexibility index (Phi) is 4.75. The van der Waals surface area contributed by atoms with Crippen molar-refractivity contribution in [3.05, 3.63) is 0 Å². The standard InChI is InChI=1S/C14H25N3O/c1-13(2,9-15)10-17-12(18)14(3,4)11-6-5-7-16-8-11/h11,16H,5-8,10H2,1-4H3,(H,17,18). The molecular formula is C14H25N3O. The Balaban J connectivity index is 2.56. The summed E-state index contributed by atoms with van der Waals surface area (Å²) in [6.45, 7) is 10.0. The van der Waals surface area contributed by atoms with Gasteiger partial charge in [0.05, 0.1) is 11.5 Å². The molecule has 0 saturated carbocycles. The number of hydrogen-bond acceptors (Lipinski definition) is 3. The molecule has 0 aromatic heterocycles. The van der Waals surface area contributed by atoms with E-state index in [0.29, 0.717) is 12.5 Å². The number of hydrogen-bond donors (Lipinski definition) is 2. The Morgan fingerprint density at radius 2 is 2.11 bits per heavy atom. The molecule has 2 N–H and O–H groups in total. The first-order valence-corrected chi connectivity index (χ1v) is 6.70. The highest BCUT2D eigenvalue weighted by Gasteiger charge is 2.37. The maximum Gasteiger partial charge on any atom is 0.226 e. The van der Waals surface area contributed by atoms with Gasteiger partial charge in [-0.2, -0.15) is 5.26 Å². The number of rotatable bonds is 4. The molecule has 0 bridgehead atoms. The average molecular weight is 251 g/mol. The van der Waals surface area contributed by atoms with Crippen LogP contribution in [-0.2, 0) is 4.79 Å². The minimum atomic E-state index is -0.503. The molecule has 1 aliphatic heterocycles. The zero-order valence-corrected chi connectivity index (χ0v) is 12.0. The molecule has 1 atom stereocenters. The molecule has 18 heavy (non-hydrogen) atoms. The Morgan fingerprint density at radius 3 is 2.61 bits per heavy atom. The highest BCUT2D eigenvalue weighted by molar-refractivity contribution is 5.82. The quantitative estimate of drug-likeness (QED) is 0.799. The summed E-state index contributed by atoms with van der Waals surface area (Å²) < 4.78 is 0. The third-order valence-electron chi connectivity index (χ3n) is 3.90. The molecule has 1 aliphatic rings. The van der Waals surface area contributed by atoms with Crippen molar-refractivity contribution < 1.29 is 4.79 Å². The highest BCUT2D eigenvalue weighted by Crippen LogP contribution is 2.32. The van der Waals surface area contributed by atoms with Crippen molar-refractivity contribution in [1.82, 2.24) is 10.6 Å². The minimum Gasteiger partial charge on any atom is -0.354 e. The minimum absolute atomic E-state index is 0.0551. The van der Waals surface area contributed by atoms with Crippen molar-refractivity contribution in [2.45, 2.75) is 40.5 Å². The number of nitriles is 1. The van der Waals surface area contributed by atoms with Crippen molar-refractivity contribution in [3.8, 4) is 6.07 Å². The lowest BCUT2D eigenvalue weighted by Crippen LogP contribution is -2.48. The third kappa shape index (κ3) is 3.71. The fraction of sp³-hybridized carbons (Fsp3) is 0.857. The van der Waals surface area contributed by atoms with Gasteiger partial charge in [-0.15, -0.1) is 0 Å². The van der Waals surface area contributed by atoms with E-state index in [-0.39, 0.29) is 11.3 Å². The molecule has 4 heteroatoms. The second-order valence-electron chi connectivity index (χ2n) is 6.44. The van der Waals surface area contributed by atoms with E-state index in [0.717, 1.165) is 25.9 Å². The van der Waals surface area contributed by atoms with E-state index in [1.807, 2.05) is 27.7 Å². The lowest BCUT2D eigenvalue weighted by Gasteiger charge is -2.36. The molecule has 1 fully saturated rings. The molecule has 1 unspecified atom stereocenters. The first-order valence-electron chi connectivity index (χ1n) is 6.70. The second kappa shape index (κ2) is 5.71. The Bertz CT molecular complexity index is 335. The third-order valence-corrected chi connectivity index (χ3v) is 3.90. The van der Waals surface area contributed by atoms with Crippen LogP contribution in [0.5, 0.6) is 0 Å². The summed E-state index contributed by atoms with van der Waals surface area (Å²) in [5, 5.41) is 15.2. The average Bonchev–Trinajstić information content (AvgIpc) is 2.37. The van der Waals surface area contributed by atoms with Gasteiger partial charge in [-0.05, 0) is 45.7 Å². The Hall–Kier alpha value is -1.08. The number of piperidine rings is 1. The van der Waals surface area contributed by atoms with Crippen molar-refractivity contribution >= 4 is 5.91 Å². The number of carbonyl (C=O) groups is 1. The van der Waals surface area contributed by atoms with Gasteiger partial charge in [-0.3, -0.25) is 4.79 Å². The van der Waals surface area contributed by atoms with E-state index in [2.05, 4.69) is 16.7 Å². The molecule has 1 rings (SSSR count). The van der Waals surface area contributed by atoms with Gasteiger partial charge in [0, 0.05) is 12.0 Å². The van der Waals surface area contributed by atoms with Gasteiger partial charge in [0.15, 0.2) is 0 Å². The summed E-state index contributed by atoms with van der Waals surface area (Å²) in [6, 6.07) is 2.20. The maximum atomic E-state index is 12.3. The van der Waals surface area contributed by atoms with Gasteiger partial charge in [0.2, 0.25) is 5.91 Å². The van der Waals surface area contributed by atoms with Crippen LogP contribution in [0.15, 0.2) is 0 Å². The maximum absolute atomic E-state index is 12.3. The molecule has 0 radical (unpaired) electrons. The van der Waals surface area contributed by atoms with Crippen LogP contribution in [0.2, 0.25) is 0 Å². The molecular weight excluding hydrogens is 226 g/mol. The summed E-state index contributed by atoms with van der Waals surface area (Å²) in [7, 11) is 0. The largest absolute Gasteiger partial charge is 0.354 e. The summed E-state index contributed by atoms with van der Waals surface area (Å²) in [5.74, 6) is 0.427. The summed E-state index contributed by atoms with van der Waals surface area (Å²) >= 11 is 0. The Labute approximate surface area is 110 Å². The molecule has 0 aromatic carbocycles. The first kappa shape index (κ1) is 15.0. The number of nitrogens with one attached hydrogen (secondary N) is 2. The van der Waals surface area contributed by atoms with Crippen LogP contribution < -0.4 is 10.6 Å². The smallest absolute Gasteiger partial charge is 0.226 e. The lowest BCUT2D eigenvalue weighted by atomic mass is 9.74. The van der Waals surface area contributed by atoms with Gasteiger partial charge in [0.25, 0.3) is 0 Å². The van der Waals surface area contributed by atoms with Crippen LogP contribution in [0.4, 0.5) is 0 Å². The molecule has 1 amide bonds. The van der Waals surface area contributed by atoms with E-state index in [9.17, 15) is 4.79 Å². The van der Waals surface area contributed by atoms with Crippen LogP contribution in [0.3, 0.4) is 0 Å². The predicted molar refractivity (Wildman–Crippen MR) is 71.8 cm³/mol.